The number of allylic oxidation sites excluding steroid dienone is 1. The molecule has 0 spiro atoms. The quantitative estimate of drug-likeness (QED) is 0.477. The number of aromatic nitrogens is 2. The number of fused-ring (bicyclic) bond motifs is 3. The SMILES string of the molecule is O=C(CCSCc1nc2sc3c(c2c(=O)[nH]1)CCCC3)NCCC1=CCCCC1. The fourth-order valence-electron chi connectivity index (χ4n) is 4.19. The zero-order valence-electron chi connectivity index (χ0n) is 16.8. The minimum absolute atomic E-state index is 0.000222. The summed E-state index contributed by atoms with van der Waals surface area (Å²) in [5, 5.41) is 3.84. The summed E-state index contributed by atoms with van der Waals surface area (Å²) in [5.41, 5.74) is 2.72. The highest BCUT2D eigenvalue weighted by Gasteiger charge is 2.19. The van der Waals surface area contributed by atoms with Crippen LogP contribution in [0.4, 0.5) is 0 Å². The van der Waals surface area contributed by atoms with Gasteiger partial charge in [-0.1, -0.05) is 11.6 Å². The molecule has 0 bridgehead atoms. The Kier molecular flexibility index (Phi) is 7.08. The van der Waals surface area contributed by atoms with Gasteiger partial charge in [0.05, 0.1) is 11.1 Å². The molecular weight excluding hydrogens is 402 g/mol. The molecule has 0 fully saturated rings. The van der Waals surface area contributed by atoms with Crippen molar-refractivity contribution in [3.63, 3.8) is 0 Å². The lowest BCUT2D eigenvalue weighted by Crippen LogP contribution is -2.25. The second-order valence-electron chi connectivity index (χ2n) is 7.91. The third-order valence-electron chi connectivity index (χ3n) is 5.74. The lowest BCUT2D eigenvalue weighted by Gasteiger charge is -2.12. The van der Waals surface area contributed by atoms with Crippen LogP contribution in [-0.2, 0) is 23.4 Å². The first-order chi connectivity index (χ1) is 14.2. The van der Waals surface area contributed by atoms with Gasteiger partial charge in [0.15, 0.2) is 0 Å². The Bertz CT molecular complexity index is 961. The number of aryl methyl sites for hydroxylation is 2. The van der Waals surface area contributed by atoms with E-state index in [1.165, 1.54) is 48.1 Å². The maximum atomic E-state index is 12.6. The molecule has 0 unspecified atom stereocenters. The molecule has 2 aromatic heterocycles. The first-order valence-corrected chi connectivity index (χ1v) is 12.7. The number of H-pyrrole nitrogens is 1. The number of hydrogen-bond donors (Lipinski definition) is 2. The number of thioether (sulfide) groups is 1. The van der Waals surface area contributed by atoms with Crippen molar-refractivity contribution < 1.29 is 4.79 Å². The summed E-state index contributed by atoms with van der Waals surface area (Å²) in [6.45, 7) is 0.740. The van der Waals surface area contributed by atoms with Crippen molar-refractivity contribution in [1.29, 1.82) is 0 Å². The van der Waals surface area contributed by atoms with Gasteiger partial charge in [-0.25, -0.2) is 4.98 Å². The summed E-state index contributed by atoms with van der Waals surface area (Å²) in [7, 11) is 0. The first-order valence-electron chi connectivity index (χ1n) is 10.8. The van der Waals surface area contributed by atoms with Crippen LogP contribution in [0.2, 0.25) is 0 Å². The number of nitrogens with one attached hydrogen (secondary N) is 2. The van der Waals surface area contributed by atoms with Crippen LogP contribution >= 0.6 is 23.1 Å². The van der Waals surface area contributed by atoms with Gasteiger partial charge >= 0.3 is 0 Å². The zero-order chi connectivity index (χ0) is 20.1. The molecule has 2 aliphatic carbocycles. The summed E-state index contributed by atoms with van der Waals surface area (Å²) >= 11 is 3.33. The Morgan fingerprint density at radius 1 is 1.21 bits per heavy atom. The molecule has 0 aliphatic heterocycles. The number of aromatic amines is 1. The van der Waals surface area contributed by atoms with E-state index in [0.29, 0.717) is 12.2 Å². The third-order valence-corrected chi connectivity index (χ3v) is 7.90. The molecule has 0 radical (unpaired) electrons. The van der Waals surface area contributed by atoms with E-state index in [9.17, 15) is 9.59 Å². The largest absolute Gasteiger partial charge is 0.356 e. The normalized spacial score (nSPS) is 16.5. The number of carbonyl (C=O) groups is 1. The lowest BCUT2D eigenvalue weighted by molar-refractivity contribution is -0.120. The van der Waals surface area contributed by atoms with Crippen LogP contribution in [0.15, 0.2) is 16.4 Å². The average molecular weight is 432 g/mol. The smallest absolute Gasteiger partial charge is 0.259 e. The van der Waals surface area contributed by atoms with Crippen LogP contribution in [0.5, 0.6) is 0 Å². The Balaban J connectivity index is 1.22. The Hall–Kier alpha value is -1.60. The highest BCUT2D eigenvalue weighted by atomic mass is 32.2. The molecule has 5 nitrogen and oxygen atoms in total. The van der Waals surface area contributed by atoms with Crippen LogP contribution < -0.4 is 10.9 Å². The van der Waals surface area contributed by atoms with Gasteiger partial charge in [0, 0.05) is 23.6 Å². The Morgan fingerprint density at radius 3 is 2.93 bits per heavy atom. The van der Waals surface area contributed by atoms with Gasteiger partial charge in [-0.15, -0.1) is 11.3 Å². The predicted molar refractivity (Wildman–Crippen MR) is 122 cm³/mol. The van der Waals surface area contributed by atoms with Crippen molar-refractivity contribution in [3.8, 4) is 0 Å². The molecule has 0 aromatic carbocycles. The van der Waals surface area contributed by atoms with Crippen LogP contribution in [0.3, 0.4) is 0 Å². The zero-order valence-corrected chi connectivity index (χ0v) is 18.5. The van der Waals surface area contributed by atoms with E-state index >= 15 is 0 Å². The second-order valence-corrected chi connectivity index (χ2v) is 10.1. The van der Waals surface area contributed by atoms with Crippen molar-refractivity contribution in [2.45, 2.75) is 70.0 Å². The summed E-state index contributed by atoms with van der Waals surface area (Å²) in [4.78, 5) is 34.5. The van der Waals surface area contributed by atoms with Crippen LogP contribution in [0.25, 0.3) is 10.2 Å². The molecule has 0 atom stereocenters. The average Bonchev–Trinajstić information content (AvgIpc) is 3.11. The third kappa shape index (κ3) is 5.31. The maximum absolute atomic E-state index is 12.6. The van der Waals surface area contributed by atoms with Gasteiger partial charge in [0.2, 0.25) is 5.91 Å². The molecule has 2 N–H and O–H groups in total. The molecule has 156 valence electrons. The molecule has 1 amide bonds. The highest BCUT2D eigenvalue weighted by molar-refractivity contribution is 7.98. The van der Waals surface area contributed by atoms with E-state index in [2.05, 4.69) is 16.4 Å². The number of thiophene rings is 1. The highest BCUT2D eigenvalue weighted by Crippen LogP contribution is 2.33. The van der Waals surface area contributed by atoms with Crippen molar-refractivity contribution in [2.75, 3.05) is 12.3 Å². The van der Waals surface area contributed by atoms with E-state index < -0.39 is 0 Å². The fourth-order valence-corrected chi connectivity index (χ4v) is 6.28. The number of hydrogen-bond acceptors (Lipinski definition) is 5. The minimum atomic E-state index is -0.000222. The molecule has 29 heavy (non-hydrogen) atoms. The molecule has 2 heterocycles. The van der Waals surface area contributed by atoms with E-state index in [-0.39, 0.29) is 11.5 Å². The van der Waals surface area contributed by atoms with Gasteiger partial charge in [-0.2, -0.15) is 11.8 Å². The standard InChI is InChI=1S/C22H29N3O2S2/c26-19(23-12-10-15-6-2-1-3-7-15)11-13-28-14-18-24-21(27)20-16-8-4-5-9-17(16)29-22(20)25-18/h6H,1-5,7-14H2,(H,23,26)(H,24,25,27). The van der Waals surface area contributed by atoms with Gasteiger partial charge in [-0.3, -0.25) is 9.59 Å². The van der Waals surface area contributed by atoms with E-state index in [0.717, 1.165) is 54.0 Å². The number of carbonyl (C=O) groups excluding carboxylic acids is 1. The van der Waals surface area contributed by atoms with Crippen molar-refractivity contribution in [2.24, 2.45) is 0 Å². The molecule has 0 saturated carbocycles. The van der Waals surface area contributed by atoms with Crippen LogP contribution in [0.1, 0.15) is 67.6 Å². The molecule has 4 rings (SSSR count). The van der Waals surface area contributed by atoms with E-state index in [1.54, 1.807) is 23.1 Å². The summed E-state index contributed by atoms with van der Waals surface area (Å²) in [6, 6.07) is 0. The topological polar surface area (TPSA) is 74.8 Å². The molecular formula is C22H29N3O2S2. The Labute approximate surface area is 179 Å². The lowest BCUT2D eigenvalue weighted by atomic mass is 9.97. The van der Waals surface area contributed by atoms with Crippen molar-refractivity contribution in [3.05, 3.63) is 38.3 Å². The predicted octanol–water partition coefficient (Wildman–Crippen LogP) is 4.49. The number of nitrogens with zero attached hydrogens (tertiary/aromatic N) is 1. The van der Waals surface area contributed by atoms with Gasteiger partial charge < -0.3 is 10.3 Å². The number of amides is 1. The summed E-state index contributed by atoms with van der Waals surface area (Å²) in [5.74, 6) is 2.19. The van der Waals surface area contributed by atoms with Gasteiger partial charge in [0.25, 0.3) is 5.56 Å². The van der Waals surface area contributed by atoms with Crippen LogP contribution in [-0.4, -0.2) is 28.2 Å². The minimum Gasteiger partial charge on any atom is -0.356 e. The van der Waals surface area contributed by atoms with Crippen LogP contribution in [0, 0.1) is 0 Å². The van der Waals surface area contributed by atoms with Gasteiger partial charge in [0.1, 0.15) is 10.7 Å². The number of rotatable bonds is 8. The molecule has 0 saturated heterocycles. The summed E-state index contributed by atoms with van der Waals surface area (Å²) < 4.78 is 0. The second kappa shape index (κ2) is 9.94. The van der Waals surface area contributed by atoms with Crippen molar-refractivity contribution in [1.82, 2.24) is 15.3 Å². The fraction of sp³-hybridized carbons (Fsp3) is 0.591. The van der Waals surface area contributed by atoms with Gasteiger partial charge in [-0.05, 0) is 63.4 Å². The van der Waals surface area contributed by atoms with Crippen molar-refractivity contribution >= 4 is 39.2 Å². The van der Waals surface area contributed by atoms with E-state index in [1.807, 2.05) is 0 Å². The molecule has 7 heteroatoms. The Morgan fingerprint density at radius 2 is 2.07 bits per heavy atom. The first kappa shape index (κ1) is 20.7. The monoisotopic (exact) mass is 431 g/mol. The maximum Gasteiger partial charge on any atom is 0.259 e. The molecule has 2 aromatic rings. The summed E-state index contributed by atoms with van der Waals surface area (Å²) in [6.07, 6.45) is 13.2. The molecule has 2 aliphatic rings. The van der Waals surface area contributed by atoms with E-state index in [4.69, 9.17) is 4.98 Å².